The minimum absolute atomic E-state index is 0.218. The van der Waals surface area contributed by atoms with Crippen molar-refractivity contribution in [2.24, 2.45) is 0 Å². The highest BCUT2D eigenvalue weighted by atomic mass is 31.1. The first-order chi connectivity index (χ1) is 8.34. The van der Waals surface area contributed by atoms with E-state index >= 15 is 0 Å². The summed E-state index contributed by atoms with van der Waals surface area (Å²) in [6, 6.07) is 9.90. The van der Waals surface area contributed by atoms with Crippen LogP contribution in [0.2, 0.25) is 0 Å². The molecule has 1 aliphatic carbocycles. The lowest BCUT2D eigenvalue weighted by molar-refractivity contribution is 0.168. The van der Waals surface area contributed by atoms with Crippen LogP contribution in [0.1, 0.15) is 37.7 Å². The van der Waals surface area contributed by atoms with Crippen molar-refractivity contribution in [2.75, 3.05) is 0 Å². The molecule has 0 N–H and O–H groups in total. The van der Waals surface area contributed by atoms with Crippen LogP contribution in [-0.4, -0.2) is 6.10 Å². The van der Waals surface area contributed by atoms with Gasteiger partial charge in [0, 0.05) is 0 Å². The molecule has 92 valence electrons. The first-order valence-electron chi connectivity index (χ1n) is 6.28. The van der Waals surface area contributed by atoms with Crippen molar-refractivity contribution in [1.29, 1.82) is 0 Å². The van der Waals surface area contributed by atoms with Crippen LogP contribution in [0, 0.1) is 0 Å². The highest BCUT2D eigenvalue weighted by molar-refractivity contribution is 7.43. The number of benzene rings is 1. The molecule has 1 aromatic carbocycles. The third-order valence-electron chi connectivity index (χ3n) is 3.05. The van der Waals surface area contributed by atoms with Crippen molar-refractivity contribution in [3.63, 3.8) is 0 Å². The lowest BCUT2D eigenvalue weighted by Gasteiger charge is -2.20. The van der Waals surface area contributed by atoms with Gasteiger partial charge in [-0.2, -0.15) is 0 Å². The van der Waals surface area contributed by atoms with Gasteiger partial charge < -0.3 is 4.52 Å². The lowest BCUT2D eigenvalue weighted by Crippen LogP contribution is -2.12. The Bertz CT molecular complexity index is 380. The smallest absolute Gasteiger partial charge is 0.213 e. The number of rotatable bonds is 4. The van der Waals surface area contributed by atoms with Gasteiger partial charge in [0.2, 0.25) is 8.03 Å². The number of hydrogen-bond donors (Lipinski definition) is 0. The van der Waals surface area contributed by atoms with Crippen LogP contribution in [0.5, 0.6) is 0 Å². The Morgan fingerprint density at radius 3 is 2.53 bits per heavy atom. The largest absolute Gasteiger partial charge is 0.324 e. The molecular formula is C14H19O2P. The van der Waals surface area contributed by atoms with E-state index < -0.39 is 8.03 Å². The van der Waals surface area contributed by atoms with Crippen molar-refractivity contribution >= 4 is 14.1 Å². The molecule has 0 saturated heterocycles. The van der Waals surface area contributed by atoms with Crippen LogP contribution < -0.4 is 0 Å². The second kappa shape index (κ2) is 6.78. The predicted octanol–water partition coefficient (Wildman–Crippen LogP) is 4.48. The zero-order chi connectivity index (χ0) is 11.9. The summed E-state index contributed by atoms with van der Waals surface area (Å²) in [6.45, 7) is 0. The van der Waals surface area contributed by atoms with E-state index in [2.05, 4.69) is 0 Å². The van der Waals surface area contributed by atoms with E-state index in [1.54, 1.807) is 5.82 Å². The second-order valence-electron chi connectivity index (χ2n) is 4.44. The average Bonchev–Trinajstić information content (AvgIpc) is 2.39. The second-order valence-corrected chi connectivity index (χ2v) is 5.65. The third-order valence-corrected chi connectivity index (χ3v) is 4.05. The van der Waals surface area contributed by atoms with E-state index in [0.717, 1.165) is 18.4 Å². The highest BCUT2D eigenvalue weighted by Crippen LogP contribution is 2.32. The van der Waals surface area contributed by atoms with E-state index in [1.807, 2.05) is 36.4 Å². The summed E-state index contributed by atoms with van der Waals surface area (Å²) >= 11 is 0. The molecule has 0 radical (unpaired) electrons. The van der Waals surface area contributed by atoms with Crippen molar-refractivity contribution in [2.45, 2.75) is 38.2 Å². The molecule has 1 unspecified atom stereocenters. The molecule has 0 aromatic heterocycles. The molecule has 0 bridgehead atoms. The van der Waals surface area contributed by atoms with Gasteiger partial charge in [-0.15, -0.1) is 0 Å². The molecule has 2 nitrogen and oxygen atoms in total. The molecule has 3 heteroatoms. The molecule has 0 aliphatic heterocycles. The fourth-order valence-corrected chi connectivity index (χ4v) is 3.09. The van der Waals surface area contributed by atoms with E-state index in [0.29, 0.717) is 0 Å². The molecule has 1 saturated carbocycles. The van der Waals surface area contributed by atoms with Gasteiger partial charge in [0.15, 0.2) is 0 Å². The summed E-state index contributed by atoms with van der Waals surface area (Å²) in [6.07, 6.45) is 7.94. The van der Waals surface area contributed by atoms with Crippen LogP contribution >= 0.6 is 8.03 Å². The summed E-state index contributed by atoms with van der Waals surface area (Å²) in [7, 11) is -2.02. The summed E-state index contributed by atoms with van der Waals surface area (Å²) in [4.78, 5) is 0. The summed E-state index contributed by atoms with van der Waals surface area (Å²) in [5.41, 5.74) is 1.07. The van der Waals surface area contributed by atoms with Gasteiger partial charge in [-0.3, -0.25) is 4.57 Å². The zero-order valence-corrected chi connectivity index (χ0v) is 11.0. The van der Waals surface area contributed by atoms with Crippen molar-refractivity contribution in [3.8, 4) is 0 Å². The summed E-state index contributed by atoms with van der Waals surface area (Å²) < 4.78 is 17.3. The molecule has 0 spiro atoms. The van der Waals surface area contributed by atoms with Gasteiger partial charge in [0.1, 0.15) is 0 Å². The van der Waals surface area contributed by atoms with Gasteiger partial charge in [-0.05, 0) is 30.3 Å². The van der Waals surface area contributed by atoms with Gasteiger partial charge in [0.05, 0.1) is 6.10 Å². The zero-order valence-electron chi connectivity index (χ0n) is 9.97. The fourth-order valence-electron chi connectivity index (χ4n) is 2.11. The topological polar surface area (TPSA) is 26.3 Å². The molecule has 0 amide bonds. The Hall–Kier alpha value is -0.850. The molecule has 1 aliphatic rings. The third kappa shape index (κ3) is 4.49. The molecule has 1 atom stereocenters. The number of hydrogen-bond acceptors (Lipinski definition) is 2. The standard InChI is InChI=1S/C14H19O2P/c15-17(16-14-9-5-2-6-10-14)12-11-13-7-3-1-4-8-13/h1,3-4,7-8,11-12,14,17H,2,5-6,9-10H2. The lowest BCUT2D eigenvalue weighted by atomic mass is 9.98. The van der Waals surface area contributed by atoms with Crippen molar-refractivity contribution in [1.82, 2.24) is 0 Å². The average molecular weight is 250 g/mol. The Balaban J connectivity index is 1.82. The Labute approximate surface area is 104 Å². The maximum atomic E-state index is 11.8. The van der Waals surface area contributed by atoms with E-state index in [4.69, 9.17) is 4.52 Å². The van der Waals surface area contributed by atoms with Gasteiger partial charge in [-0.1, -0.05) is 49.6 Å². The Morgan fingerprint density at radius 1 is 1.12 bits per heavy atom. The molecule has 0 heterocycles. The minimum Gasteiger partial charge on any atom is -0.324 e. The van der Waals surface area contributed by atoms with Crippen molar-refractivity contribution in [3.05, 3.63) is 41.7 Å². The molecular weight excluding hydrogens is 231 g/mol. The molecule has 1 aromatic rings. The van der Waals surface area contributed by atoms with Crippen molar-refractivity contribution < 1.29 is 9.09 Å². The molecule has 1 fully saturated rings. The van der Waals surface area contributed by atoms with Crippen LogP contribution in [0.15, 0.2) is 36.1 Å². The molecule has 2 rings (SSSR count). The minimum atomic E-state index is -2.02. The van der Waals surface area contributed by atoms with E-state index in [1.165, 1.54) is 19.3 Å². The first kappa shape index (κ1) is 12.6. The Kier molecular flexibility index (Phi) is 5.03. The van der Waals surface area contributed by atoms with E-state index in [-0.39, 0.29) is 6.10 Å². The highest BCUT2D eigenvalue weighted by Gasteiger charge is 2.14. The summed E-state index contributed by atoms with van der Waals surface area (Å²) in [5.74, 6) is 1.70. The normalized spacial score (nSPS) is 19.5. The summed E-state index contributed by atoms with van der Waals surface area (Å²) in [5, 5.41) is 0. The monoisotopic (exact) mass is 250 g/mol. The van der Waals surface area contributed by atoms with Gasteiger partial charge >= 0.3 is 0 Å². The molecule has 17 heavy (non-hydrogen) atoms. The predicted molar refractivity (Wildman–Crippen MR) is 72.4 cm³/mol. The van der Waals surface area contributed by atoms with Gasteiger partial charge in [-0.25, -0.2) is 0 Å². The first-order valence-corrected chi connectivity index (χ1v) is 7.68. The quantitative estimate of drug-likeness (QED) is 0.736. The van der Waals surface area contributed by atoms with Crippen LogP contribution in [0.25, 0.3) is 6.08 Å². The SMILES string of the molecule is O=[PH](C=Cc1ccccc1)OC1CCCCC1. The maximum Gasteiger partial charge on any atom is 0.213 e. The van der Waals surface area contributed by atoms with Gasteiger partial charge in [0.25, 0.3) is 0 Å². The van der Waals surface area contributed by atoms with E-state index in [9.17, 15) is 4.57 Å². The maximum absolute atomic E-state index is 11.8. The van der Waals surface area contributed by atoms with Crippen LogP contribution in [0.3, 0.4) is 0 Å². The fraction of sp³-hybridized carbons (Fsp3) is 0.429. The van der Waals surface area contributed by atoms with Crippen LogP contribution in [-0.2, 0) is 9.09 Å². The van der Waals surface area contributed by atoms with Crippen LogP contribution in [0.4, 0.5) is 0 Å². The Morgan fingerprint density at radius 2 is 1.82 bits per heavy atom.